The van der Waals surface area contributed by atoms with Crippen LogP contribution in [0.5, 0.6) is 0 Å². The van der Waals surface area contributed by atoms with Gasteiger partial charge in [0.05, 0.1) is 0 Å². The Labute approximate surface area is 106 Å². The number of hydrogen-bond donors (Lipinski definition) is 1. The fourth-order valence-corrected chi connectivity index (χ4v) is 2.71. The van der Waals surface area contributed by atoms with Crippen molar-refractivity contribution in [2.24, 2.45) is 0 Å². The van der Waals surface area contributed by atoms with Gasteiger partial charge in [0.25, 0.3) is 5.89 Å². The summed E-state index contributed by atoms with van der Waals surface area (Å²) in [7, 11) is 1.92. The molecule has 0 aliphatic rings. The molecule has 1 atom stereocenters. The van der Waals surface area contributed by atoms with Crippen molar-refractivity contribution in [3.8, 4) is 10.8 Å². The molecule has 2 aromatic rings. The van der Waals surface area contributed by atoms with E-state index >= 15 is 0 Å². The average Bonchev–Trinajstić information content (AvgIpc) is 2.86. The lowest BCUT2D eigenvalue weighted by Gasteiger charge is -2.04. The van der Waals surface area contributed by atoms with Gasteiger partial charge in [0.2, 0.25) is 0 Å². The minimum absolute atomic E-state index is 0.345. The summed E-state index contributed by atoms with van der Waals surface area (Å²) >= 11 is 5.03. The first kappa shape index (κ1) is 11.8. The predicted molar refractivity (Wildman–Crippen MR) is 67.5 cm³/mol. The van der Waals surface area contributed by atoms with E-state index in [-0.39, 0.29) is 0 Å². The molecule has 86 valence electrons. The van der Waals surface area contributed by atoms with E-state index in [1.165, 1.54) is 0 Å². The summed E-state index contributed by atoms with van der Waals surface area (Å²) in [6, 6.07) is 2.32. The van der Waals surface area contributed by atoms with Gasteiger partial charge in [-0.3, -0.25) is 0 Å². The maximum Gasteiger partial charge on any atom is 0.269 e. The number of thiophene rings is 1. The van der Waals surface area contributed by atoms with Crippen LogP contribution in [0.1, 0.15) is 12.7 Å². The second-order valence-electron chi connectivity index (χ2n) is 3.51. The van der Waals surface area contributed by atoms with Gasteiger partial charge in [0, 0.05) is 16.9 Å². The summed E-state index contributed by atoms with van der Waals surface area (Å²) in [6.07, 6.45) is 0.767. The highest BCUT2D eigenvalue weighted by molar-refractivity contribution is 9.10. The molecule has 0 radical (unpaired) electrons. The number of nitrogens with zero attached hydrogens (tertiary/aromatic N) is 2. The third-order valence-corrected chi connectivity index (χ3v) is 4.09. The second-order valence-corrected chi connectivity index (χ2v) is 5.28. The van der Waals surface area contributed by atoms with Crippen molar-refractivity contribution in [1.29, 1.82) is 0 Å². The van der Waals surface area contributed by atoms with Crippen LogP contribution in [-0.2, 0) is 6.42 Å². The molecule has 0 aromatic carbocycles. The summed E-state index contributed by atoms with van der Waals surface area (Å²) in [5.41, 5.74) is 0. The molecular weight excluding hydrogens is 290 g/mol. The average molecular weight is 302 g/mol. The third-order valence-electron chi connectivity index (χ3n) is 2.26. The Hall–Kier alpha value is -0.720. The molecule has 0 bridgehead atoms. The zero-order valence-corrected chi connectivity index (χ0v) is 11.4. The lowest BCUT2D eigenvalue weighted by Crippen LogP contribution is -2.24. The van der Waals surface area contributed by atoms with Gasteiger partial charge >= 0.3 is 0 Å². The fourth-order valence-electron chi connectivity index (χ4n) is 1.25. The van der Waals surface area contributed by atoms with Gasteiger partial charge in [0.15, 0.2) is 5.82 Å². The number of likely N-dealkylation sites (N-methyl/N-ethyl adjacent to an activating group) is 1. The van der Waals surface area contributed by atoms with E-state index in [1.54, 1.807) is 11.3 Å². The SMILES string of the molecule is CNC(C)Cc1noc(-c2sccc2Br)n1. The monoisotopic (exact) mass is 301 g/mol. The number of aromatic nitrogens is 2. The quantitative estimate of drug-likeness (QED) is 0.943. The topological polar surface area (TPSA) is 51.0 Å². The number of nitrogens with one attached hydrogen (secondary N) is 1. The first-order chi connectivity index (χ1) is 7.70. The molecule has 0 saturated heterocycles. The van der Waals surface area contributed by atoms with Gasteiger partial charge in [-0.1, -0.05) is 5.16 Å². The highest BCUT2D eigenvalue weighted by Crippen LogP contribution is 2.32. The van der Waals surface area contributed by atoms with Crippen LogP contribution in [-0.4, -0.2) is 23.2 Å². The van der Waals surface area contributed by atoms with Crippen LogP contribution in [0.3, 0.4) is 0 Å². The lowest BCUT2D eigenvalue weighted by atomic mass is 10.2. The molecule has 2 aromatic heterocycles. The van der Waals surface area contributed by atoms with Crippen molar-refractivity contribution >= 4 is 27.3 Å². The van der Waals surface area contributed by atoms with Crippen LogP contribution in [0, 0.1) is 0 Å². The van der Waals surface area contributed by atoms with Gasteiger partial charge in [0.1, 0.15) is 4.88 Å². The van der Waals surface area contributed by atoms with Crippen LogP contribution in [0.2, 0.25) is 0 Å². The summed E-state index contributed by atoms with van der Waals surface area (Å²) < 4.78 is 6.22. The van der Waals surface area contributed by atoms with Crippen LogP contribution in [0.25, 0.3) is 10.8 Å². The second kappa shape index (κ2) is 5.07. The van der Waals surface area contributed by atoms with E-state index in [2.05, 4.69) is 38.3 Å². The van der Waals surface area contributed by atoms with Crippen molar-refractivity contribution in [2.45, 2.75) is 19.4 Å². The molecule has 0 saturated carbocycles. The van der Waals surface area contributed by atoms with E-state index in [4.69, 9.17) is 4.52 Å². The van der Waals surface area contributed by atoms with E-state index in [1.807, 2.05) is 18.5 Å². The Morgan fingerprint density at radius 3 is 3.06 bits per heavy atom. The Morgan fingerprint density at radius 1 is 1.62 bits per heavy atom. The van der Waals surface area contributed by atoms with Crippen molar-refractivity contribution in [1.82, 2.24) is 15.5 Å². The largest absolute Gasteiger partial charge is 0.333 e. The highest BCUT2D eigenvalue weighted by atomic mass is 79.9. The normalized spacial score (nSPS) is 12.9. The number of halogens is 1. The summed E-state index contributed by atoms with van der Waals surface area (Å²) in [6.45, 7) is 2.08. The molecular formula is C10H12BrN3OS. The zero-order valence-electron chi connectivity index (χ0n) is 9.03. The maximum atomic E-state index is 5.23. The highest BCUT2D eigenvalue weighted by Gasteiger charge is 2.14. The van der Waals surface area contributed by atoms with E-state index < -0.39 is 0 Å². The maximum absolute atomic E-state index is 5.23. The Kier molecular flexibility index (Phi) is 3.73. The summed E-state index contributed by atoms with van der Waals surface area (Å²) in [5, 5.41) is 9.09. The Bertz CT molecular complexity index is 468. The number of hydrogen-bond acceptors (Lipinski definition) is 5. The van der Waals surface area contributed by atoms with E-state index in [0.717, 1.165) is 21.6 Å². The van der Waals surface area contributed by atoms with Crippen LogP contribution in [0.4, 0.5) is 0 Å². The van der Waals surface area contributed by atoms with Crippen molar-refractivity contribution in [3.05, 3.63) is 21.7 Å². The fraction of sp³-hybridized carbons (Fsp3) is 0.400. The molecule has 0 spiro atoms. The molecule has 0 amide bonds. The van der Waals surface area contributed by atoms with Gasteiger partial charge in [-0.15, -0.1) is 11.3 Å². The van der Waals surface area contributed by atoms with Crippen LogP contribution in [0.15, 0.2) is 20.4 Å². The van der Waals surface area contributed by atoms with Crippen molar-refractivity contribution in [2.75, 3.05) is 7.05 Å². The molecule has 16 heavy (non-hydrogen) atoms. The predicted octanol–water partition coefficient (Wildman–Crippen LogP) is 2.71. The minimum Gasteiger partial charge on any atom is -0.333 e. The molecule has 0 aliphatic heterocycles. The first-order valence-electron chi connectivity index (χ1n) is 4.94. The van der Waals surface area contributed by atoms with Crippen molar-refractivity contribution < 1.29 is 4.52 Å². The molecule has 1 unspecified atom stereocenters. The van der Waals surface area contributed by atoms with E-state index in [9.17, 15) is 0 Å². The standard InChI is InChI=1S/C10H12BrN3OS/c1-6(12-2)5-8-13-10(15-14-8)9-7(11)3-4-16-9/h3-4,6,12H,5H2,1-2H3. The molecule has 0 fully saturated rings. The third kappa shape index (κ3) is 2.50. The van der Waals surface area contributed by atoms with Gasteiger partial charge < -0.3 is 9.84 Å². The van der Waals surface area contributed by atoms with Crippen LogP contribution >= 0.6 is 27.3 Å². The first-order valence-corrected chi connectivity index (χ1v) is 6.61. The van der Waals surface area contributed by atoms with Crippen LogP contribution < -0.4 is 5.32 Å². The Balaban J connectivity index is 2.17. The van der Waals surface area contributed by atoms with Crippen molar-refractivity contribution in [3.63, 3.8) is 0 Å². The molecule has 2 rings (SSSR count). The summed E-state index contributed by atoms with van der Waals surface area (Å²) in [5.74, 6) is 1.32. The molecule has 1 N–H and O–H groups in total. The Morgan fingerprint density at radius 2 is 2.44 bits per heavy atom. The van der Waals surface area contributed by atoms with Gasteiger partial charge in [-0.25, -0.2) is 0 Å². The molecule has 4 nitrogen and oxygen atoms in total. The molecule has 6 heteroatoms. The van der Waals surface area contributed by atoms with Gasteiger partial charge in [-0.05, 0) is 41.3 Å². The van der Waals surface area contributed by atoms with Gasteiger partial charge in [-0.2, -0.15) is 4.98 Å². The summed E-state index contributed by atoms with van der Waals surface area (Å²) in [4.78, 5) is 5.35. The molecule has 2 heterocycles. The molecule has 0 aliphatic carbocycles. The lowest BCUT2D eigenvalue weighted by molar-refractivity contribution is 0.419. The number of rotatable bonds is 4. The van der Waals surface area contributed by atoms with E-state index in [0.29, 0.717) is 11.9 Å². The smallest absolute Gasteiger partial charge is 0.269 e. The zero-order chi connectivity index (χ0) is 11.5. The minimum atomic E-state index is 0.345.